The van der Waals surface area contributed by atoms with Crippen molar-refractivity contribution in [2.24, 2.45) is 0 Å². The second-order valence-electron chi connectivity index (χ2n) is 6.00. The number of rotatable bonds is 1. The monoisotopic (exact) mass is 268 g/mol. The largest absolute Gasteiger partial charge is 0.444 e. The van der Waals surface area contributed by atoms with E-state index in [9.17, 15) is 4.79 Å². The number of hydrogen-bond acceptors (Lipinski definition) is 4. The highest BCUT2D eigenvalue weighted by atomic mass is 16.6. The summed E-state index contributed by atoms with van der Waals surface area (Å²) >= 11 is 0. The molecule has 0 aromatic heterocycles. The summed E-state index contributed by atoms with van der Waals surface area (Å²) < 4.78 is 11.6. The predicted octanol–water partition coefficient (Wildman–Crippen LogP) is 1.52. The lowest BCUT2D eigenvalue weighted by molar-refractivity contribution is -0.0218. The molecule has 3 heterocycles. The first-order chi connectivity index (χ1) is 9.27. The van der Waals surface area contributed by atoms with Gasteiger partial charge in [-0.15, -0.1) is 0 Å². The maximum atomic E-state index is 12.1. The van der Waals surface area contributed by atoms with Gasteiger partial charge in [0, 0.05) is 19.5 Å². The topological polar surface area (TPSA) is 50.8 Å². The van der Waals surface area contributed by atoms with Crippen molar-refractivity contribution in [1.82, 2.24) is 10.2 Å². The molecule has 1 amide bonds. The highest BCUT2D eigenvalue weighted by Crippen LogP contribution is 2.35. The van der Waals surface area contributed by atoms with E-state index in [1.54, 1.807) is 0 Å². The van der Waals surface area contributed by atoms with Crippen LogP contribution in [0.2, 0.25) is 0 Å². The zero-order valence-electron chi connectivity index (χ0n) is 11.5. The molecule has 3 aliphatic rings. The molecule has 3 fully saturated rings. The van der Waals surface area contributed by atoms with Gasteiger partial charge >= 0.3 is 6.09 Å². The Bertz CT molecular complexity index is 323. The molecule has 108 valence electrons. The normalized spacial score (nSPS) is 30.5. The van der Waals surface area contributed by atoms with Crippen LogP contribution in [0.5, 0.6) is 0 Å². The Morgan fingerprint density at radius 1 is 1.21 bits per heavy atom. The third-order valence-corrected chi connectivity index (χ3v) is 4.57. The first-order valence-corrected chi connectivity index (χ1v) is 7.58. The molecule has 3 saturated heterocycles. The average molecular weight is 268 g/mol. The molecule has 0 radical (unpaired) electrons. The lowest BCUT2D eigenvalue weighted by atomic mass is 9.89. The van der Waals surface area contributed by atoms with Gasteiger partial charge in [0.05, 0.1) is 12.2 Å². The summed E-state index contributed by atoms with van der Waals surface area (Å²) in [5.41, 5.74) is -0.0297. The van der Waals surface area contributed by atoms with Gasteiger partial charge in [0.1, 0.15) is 6.10 Å². The fourth-order valence-corrected chi connectivity index (χ4v) is 3.40. The van der Waals surface area contributed by atoms with E-state index in [1.165, 1.54) is 6.42 Å². The van der Waals surface area contributed by atoms with E-state index in [-0.39, 0.29) is 17.8 Å². The number of piperidine rings is 2. The van der Waals surface area contributed by atoms with Crippen molar-refractivity contribution < 1.29 is 14.3 Å². The van der Waals surface area contributed by atoms with Crippen LogP contribution in [0, 0.1) is 0 Å². The standard InChI is InChI=1S/C14H24N2O3/c17-13(16-8-2-1-3-9-16)19-12-10-14(18-11-12)4-6-15-7-5-14/h12,15H,1-11H2. The Kier molecular flexibility index (Phi) is 3.93. The highest BCUT2D eigenvalue weighted by molar-refractivity contribution is 5.68. The molecule has 0 bridgehead atoms. The van der Waals surface area contributed by atoms with Crippen LogP contribution in [0.15, 0.2) is 0 Å². The third kappa shape index (κ3) is 3.03. The predicted molar refractivity (Wildman–Crippen MR) is 71.1 cm³/mol. The summed E-state index contributed by atoms with van der Waals surface area (Å²) in [6, 6.07) is 0. The molecule has 0 aliphatic carbocycles. The summed E-state index contributed by atoms with van der Waals surface area (Å²) in [5, 5.41) is 3.35. The van der Waals surface area contributed by atoms with Crippen LogP contribution >= 0.6 is 0 Å². The van der Waals surface area contributed by atoms with E-state index in [2.05, 4.69) is 5.32 Å². The fourth-order valence-electron chi connectivity index (χ4n) is 3.40. The summed E-state index contributed by atoms with van der Waals surface area (Å²) in [6.45, 7) is 4.28. The molecule has 0 saturated carbocycles. The van der Waals surface area contributed by atoms with Crippen molar-refractivity contribution in [3.63, 3.8) is 0 Å². The zero-order chi connectivity index (χ0) is 13.1. The first-order valence-electron chi connectivity index (χ1n) is 7.58. The van der Waals surface area contributed by atoms with Gasteiger partial charge < -0.3 is 19.7 Å². The lowest BCUT2D eigenvalue weighted by Crippen LogP contribution is -2.42. The van der Waals surface area contributed by atoms with Gasteiger partial charge in [0.2, 0.25) is 0 Å². The Morgan fingerprint density at radius 2 is 1.95 bits per heavy atom. The van der Waals surface area contributed by atoms with Crippen LogP contribution in [0.25, 0.3) is 0 Å². The van der Waals surface area contributed by atoms with Crippen molar-refractivity contribution in [3.8, 4) is 0 Å². The Hall–Kier alpha value is -0.810. The van der Waals surface area contributed by atoms with Crippen LogP contribution in [0.4, 0.5) is 4.79 Å². The molecule has 1 spiro atoms. The molecule has 1 N–H and O–H groups in total. The molecule has 3 aliphatic heterocycles. The number of nitrogens with zero attached hydrogens (tertiary/aromatic N) is 1. The molecule has 0 aromatic rings. The van der Waals surface area contributed by atoms with Crippen LogP contribution in [0.1, 0.15) is 38.5 Å². The third-order valence-electron chi connectivity index (χ3n) is 4.57. The summed E-state index contributed by atoms with van der Waals surface area (Å²) in [4.78, 5) is 13.9. The lowest BCUT2D eigenvalue weighted by Gasteiger charge is -2.32. The SMILES string of the molecule is O=C(OC1COC2(CCNCC2)C1)N1CCCCC1. The fraction of sp³-hybridized carbons (Fsp3) is 0.929. The summed E-state index contributed by atoms with van der Waals surface area (Å²) in [5.74, 6) is 0. The van der Waals surface area contributed by atoms with Crippen LogP contribution in [-0.2, 0) is 9.47 Å². The maximum absolute atomic E-state index is 12.1. The minimum absolute atomic E-state index is 0.0297. The van der Waals surface area contributed by atoms with E-state index in [1.807, 2.05) is 4.90 Å². The van der Waals surface area contributed by atoms with Crippen molar-refractivity contribution in [2.45, 2.75) is 50.2 Å². The average Bonchev–Trinajstić information content (AvgIpc) is 2.83. The number of ether oxygens (including phenoxy) is 2. The van der Waals surface area contributed by atoms with Gasteiger partial charge in [-0.1, -0.05) is 0 Å². The first kappa shape index (κ1) is 13.2. The smallest absolute Gasteiger partial charge is 0.410 e. The second kappa shape index (κ2) is 5.67. The summed E-state index contributed by atoms with van der Waals surface area (Å²) in [7, 11) is 0. The van der Waals surface area contributed by atoms with Crippen molar-refractivity contribution in [2.75, 3.05) is 32.8 Å². The van der Waals surface area contributed by atoms with Crippen molar-refractivity contribution in [1.29, 1.82) is 0 Å². The van der Waals surface area contributed by atoms with E-state index in [0.29, 0.717) is 6.61 Å². The molecule has 1 unspecified atom stereocenters. The highest BCUT2D eigenvalue weighted by Gasteiger charge is 2.43. The summed E-state index contributed by atoms with van der Waals surface area (Å²) in [6.07, 6.45) is 6.18. The number of nitrogens with one attached hydrogen (secondary N) is 1. The molecular formula is C14H24N2O3. The molecule has 1 atom stereocenters. The van der Waals surface area contributed by atoms with Gasteiger partial charge in [-0.05, 0) is 45.2 Å². The number of carbonyl (C=O) groups is 1. The Labute approximate surface area is 114 Å². The quantitative estimate of drug-likeness (QED) is 0.783. The molecular weight excluding hydrogens is 244 g/mol. The number of amides is 1. The second-order valence-corrected chi connectivity index (χ2v) is 6.00. The number of likely N-dealkylation sites (tertiary alicyclic amines) is 1. The van der Waals surface area contributed by atoms with Crippen LogP contribution < -0.4 is 5.32 Å². The molecule has 5 nitrogen and oxygen atoms in total. The van der Waals surface area contributed by atoms with E-state index in [0.717, 1.165) is 58.3 Å². The molecule has 3 rings (SSSR count). The van der Waals surface area contributed by atoms with E-state index < -0.39 is 0 Å². The van der Waals surface area contributed by atoms with Crippen LogP contribution in [0.3, 0.4) is 0 Å². The minimum Gasteiger partial charge on any atom is -0.444 e. The van der Waals surface area contributed by atoms with Crippen LogP contribution in [-0.4, -0.2) is 55.5 Å². The van der Waals surface area contributed by atoms with Crippen molar-refractivity contribution in [3.05, 3.63) is 0 Å². The Morgan fingerprint density at radius 3 is 2.68 bits per heavy atom. The maximum Gasteiger partial charge on any atom is 0.410 e. The minimum atomic E-state index is -0.140. The molecule has 0 aromatic carbocycles. The molecule has 19 heavy (non-hydrogen) atoms. The van der Waals surface area contributed by atoms with Crippen molar-refractivity contribution >= 4 is 6.09 Å². The molecule has 5 heteroatoms. The number of carbonyl (C=O) groups excluding carboxylic acids is 1. The van der Waals surface area contributed by atoms with Gasteiger partial charge in [0.15, 0.2) is 0 Å². The van der Waals surface area contributed by atoms with E-state index >= 15 is 0 Å². The van der Waals surface area contributed by atoms with E-state index in [4.69, 9.17) is 9.47 Å². The van der Waals surface area contributed by atoms with Gasteiger partial charge in [0.25, 0.3) is 0 Å². The zero-order valence-corrected chi connectivity index (χ0v) is 11.5. The van der Waals surface area contributed by atoms with Gasteiger partial charge in [-0.25, -0.2) is 4.79 Å². The van der Waals surface area contributed by atoms with Gasteiger partial charge in [-0.2, -0.15) is 0 Å². The Balaban J connectivity index is 1.49. The number of hydrogen-bond donors (Lipinski definition) is 1. The van der Waals surface area contributed by atoms with Gasteiger partial charge in [-0.3, -0.25) is 0 Å².